The molecule has 0 spiro atoms. The molecule has 0 saturated carbocycles. The quantitative estimate of drug-likeness (QED) is 0.266. The zero-order valence-electron chi connectivity index (χ0n) is 19.0. The summed E-state index contributed by atoms with van der Waals surface area (Å²) in [5, 5.41) is 5.86. The highest BCUT2D eigenvalue weighted by atomic mass is 127. The van der Waals surface area contributed by atoms with Gasteiger partial charge in [-0.3, -0.25) is 14.6 Å². The van der Waals surface area contributed by atoms with Crippen LogP contribution in [0, 0.1) is 0 Å². The van der Waals surface area contributed by atoms with Crippen LogP contribution in [0.4, 0.5) is 0 Å². The molecule has 2 amide bonds. The van der Waals surface area contributed by atoms with E-state index in [9.17, 15) is 9.59 Å². The van der Waals surface area contributed by atoms with Crippen LogP contribution in [0.3, 0.4) is 0 Å². The van der Waals surface area contributed by atoms with Crippen LogP contribution in [0.2, 0.25) is 0 Å². The van der Waals surface area contributed by atoms with E-state index in [2.05, 4.69) is 20.5 Å². The number of carbonyl (C=O) groups excluding carboxylic acids is 2. The first-order valence-corrected chi connectivity index (χ1v) is 10.3. The van der Waals surface area contributed by atoms with Gasteiger partial charge in [0.25, 0.3) is 5.91 Å². The molecule has 9 nitrogen and oxygen atoms in total. The van der Waals surface area contributed by atoms with Gasteiger partial charge in [-0.2, -0.15) is 0 Å². The number of rotatable bonds is 7. The molecule has 33 heavy (non-hydrogen) atoms. The second-order valence-electron chi connectivity index (χ2n) is 7.39. The third-order valence-electron chi connectivity index (χ3n) is 5.32. The van der Waals surface area contributed by atoms with Crippen molar-refractivity contribution < 1.29 is 19.1 Å². The molecule has 4 N–H and O–H groups in total. The SMILES string of the molecule is CN=C(NCc1ccc(C(=O)NCC(N)=O)cc1)N1CCc2cc(OC)c(OC)cc2C1.I. The lowest BCUT2D eigenvalue weighted by atomic mass is 9.99. The van der Waals surface area contributed by atoms with E-state index in [4.69, 9.17) is 15.2 Å². The number of amides is 2. The van der Waals surface area contributed by atoms with Gasteiger partial charge in [0, 0.05) is 32.2 Å². The van der Waals surface area contributed by atoms with Gasteiger partial charge in [-0.1, -0.05) is 12.1 Å². The first kappa shape index (κ1) is 26.2. The van der Waals surface area contributed by atoms with Gasteiger partial charge >= 0.3 is 0 Å². The van der Waals surface area contributed by atoms with Crippen molar-refractivity contribution in [2.45, 2.75) is 19.5 Å². The number of halogens is 1. The summed E-state index contributed by atoms with van der Waals surface area (Å²) in [7, 11) is 5.04. The Morgan fingerprint density at radius 1 is 1.06 bits per heavy atom. The maximum atomic E-state index is 12.0. The highest BCUT2D eigenvalue weighted by Gasteiger charge is 2.21. The summed E-state index contributed by atoms with van der Waals surface area (Å²) in [6, 6.07) is 11.2. The second-order valence-corrected chi connectivity index (χ2v) is 7.39. The van der Waals surface area contributed by atoms with Gasteiger partial charge in [-0.15, -0.1) is 24.0 Å². The molecular weight excluding hydrogens is 537 g/mol. The van der Waals surface area contributed by atoms with Crippen molar-refractivity contribution >= 4 is 41.8 Å². The summed E-state index contributed by atoms with van der Waals surface area (Å²) in [6.07, 6.45) is 0.880. The van der Waals surface area contributed by atoms with Crippen LogP contribution >= 0.6 is 24.0 Å². The number of aliphatic imine (C=N–C) groups is 1. The molecular formula is C23H30IN5O4. The maximum Gasteiger partial charge on any atom is 0.251 e. The van der Waals surface area contributed by atoms with Crippen LogP contribution in [-0.2, 0) is 24.3 Å². The Morgan fingerprint density at radius 2 is 1.70 bits per heavy atom. The van der Waals surface area contributed by atoms with Crippen molar-refractivity contribution in [1.82, 2.24) is 15.5 Å². The highest BCUT2D eigenvalue weighted by molar-refractivity contribution is 14.0. The van der Waals surface area contributed by atoms with E-state index in [0.29, 0.717) is 18.7 Å². The molecule has 1 aliphatic rings. The zero-order valence-corrected chi connectivity index (χ0v) is 21.3. The molecule has 0 saturated heterocycles. The average molecular weight is 567 g/mol. The minimum atomic E-state index is -0.580. The number of fused-ring (bicyclic) bond motifs is 1. The molecule has 10 heteroatoms. The van der Waals surface area contributed by atoms with Gasteiger partial charge in [0.15, 0.2) is 17.5 Å². The molecule has 0 bridgehead atoms. The van der Waals surface area contributed by atoms with Crippen LogP contribution in [-0.4, -0.2) is 57.0 Å². The van der Waals surface area contributed by atoms with Crippen molar-refractivity contribution in [3.63, 3.8) is 0 Å². The lowest BCUT2D eigenvalue weighted by molar-refractivity contribution is -0.117. The first-order chi connectivity index (χ1) is 15.4. The summed E-state index contributed by atoms with van der Waals surface area (Å²) in [4.78, 5) is 29.4. The Morgan fingerprint density at radius 3 is 2.27 bits per heavy atom. The first-order valence-electron chi connectivity index (χ1n) is 10.3. The normalized spacial score (nSPS) is 12.8. The fourth-order valence-electron chi connectivity index (χ4n) is 3.62. The average Bonchev–Trinajstić information content (AvgIpc) is 2.82. The predicted octanol–water partition coefficient (Wildman–Crippen LogP) is 1.67. The van der Waals surface area contributed by atoms with Crippen LogP contribution in [0.15, 0.2) is 41.4 Å². The lowest BCUT2D eigenvalue weighted by Crippen LogP contribution is -2.43. The maximum absolute atomic E-state index is 12.0. The van der Waals surface area contributed by atoms with Gasteiger partial charge in [-0.25, -0.2) is 0 Å². The van der Waals surface area contributed by atoms with Crippen LogP contribution in [0.1, 0.15) is 27.0 Å². The smallest absolute Gasteiger partial charge is 0.251 e. The van der Waals surface area contributed by atoms with Crippen molar-refractivity contribution in [2.24, 2.45) is 10.7 Å². The number of hydrogen-bond acceptors (Lipinski definition) is 5. The van der Waals surface area contributed by atoms with Crippen LogP contribution < -0.4 is 25.8 Å². The van der Waals surface area contributed by atoms with Gasteiger partial charge in [-0.05, 0) is 47.4 Å². The number of carbonyl (C=O) groups is 2. The van der Waals surface area contributed by atoms with Gasteiger partial charge in [0.1, 0.15) is 0 Å². The third-order valence-corrected chi connectivity index (χ3v) is 5.32. The number of guanidine groups is 1. The summed E-state index contributed by atoms with van der Waals surface area (Å²) in [5.41, 5.74) is 8.95. The van der Waals surface area contributed by atoms with Crippen molar-refractivity contribution in [3.05, 3.63) is 58.7 Å². The minimum absolute atomic E-state index is 0. The van der Waals surface area contributed by atoms with E-state index in [0.717, 1.165) is 36.0 Å². The van der Waals surface area contributed by atoms with Crippen LogP contribution in [0.5, 0.6) is 11.5 Å². The van der Waals surface area contributed by atoms with Crippen LogP contribution in [0.25, 0.3) is 0 Å². The number of benzene rings is 2. The molecule has 2 aromatic rings. The number of primary amides is 1. The van der Waals surface area contributed by atoms with Gasteiger partial charge in [0.05, 0.1) is 20.8 Å². The molecule has 1 heterocycles. The van der Waals surface area contributed by atoms with E-state index in [1.807, 2.05) is 24.3 Å². The number of methoxy groups -OCH3 is 2. The number of nitrogens with zero attached hydrogens (tertiary/aromatic N) is 2. The van der Waals surface area contributed by atoms with E-state index >= 15 is 0 Å². The van der Waals surface area contributed by atoms with E-state index < -0.39 is 5.91 Å². The number of nitrogens with one attached hydrogen (secondary N) is 2. The van der Waals surface area contributed by atoms with Gasteiger partial charge < -0.3 is 30.7 Å². The molecule has 2 aromatic carbocycles. The fraction of sp³-hybridized carbons (Fsp3) is 0.348. The summed E-state index contributed by atoms with van der Waals surface area (Å²) >= 11 is 0. The monoisotopic (exact) mass is 567 g/mol. The number of nitrogens with two attached hydrogens (primary N) is 1. The Kier molecular flexibility index (Phi) is 9.76. The van der Waals surface area contributed by atoms with Gasteiger partial charge in [0.2, 0.25) is 5.91 Å². The Hall–Kier alpha value is -3.02. The standard InChI is InChI=1S/C23H29N5O4.HI/c1-25-23(27-12-15-4-6-16(7-5-15)22(30)26-13-21(24)29)28-9-8-17-10-19(31-2)20(32-3)11-18(17)14-28;/h4-7,10-11H,8-9,12-14H2,1-3H3,(H2,24,29)(H,25,27)(H,26,30);1H. The molecule has 1 aliphatic heterocycles. The molecule has 0 atom stereocenters. The molecule has 0 unspecified atom stereocenters. The summed E-state index contributed by atoms with van der Waals surface area (Å²) in [6.45, 7) is 1.93. The van der Waals surface area contributed by atoms with Crippen molar-refractivity contribution in [2.75, 3.05) is 34.4 Å². The second kappa shape index (κ2) is 12.3. The predicted molar refractivity (Wildman–Crippen MR) is 137 cm³/mol. The third kappa shape index (κ3) is 6.73. The molecule has 178 valence electrons. The minimum Gasteiger partial charge on any atom is -0.493 e. The van der Waals surface area contributed by atoms with E-state index in [-0.39, 0.29) is 36.4 Å². The zero-order chi connectivity index (χ0) is 23.1. The topological polar surface area (TPSA) is 118 Å². The van der Waals surface area contributed by atoms with Crippen molar-refractivity contribution in [1.29, 1.82) is 0 Å². The Bertz CT molecular complexity index is 1010. The Balaban J connectivity index is 0.00000385. The largest absolute Gasteiger partial charge is 0.493 e. The molecule has 0 fully saturated rings. The van der Waals surface area contributed by atoms with Crippen molar-refractivity contribution in [3.8, 4) is 11.5 Å². The number of hydrogen-bond donors (Lipinski definition) is 3. The van der Waals surface area contributed by atoms with E-state index in [1.54, 1.807) is 33.4 Å². The molecule has 3 rings (SSSR count). The highest BCUT2D eigenvalue weighted by Crippen LogP contribution is 2.33. The van der Waals surface area contributed by atoms with E-state index in [1.165, 1.54) is 11.1 Å². The summed E-state index contributed by atoms with van der Waals surface area (Å²) in [5.74, 6) is 1.35. The fourth-order valence-corrected chi connectivity index (χ4v) is 3.62. The number of ether oxygens (including phenoxy) is 2. The molecule has 0 radical (unpaired) electrons. The molecule has 0 aliphatic carbocycles. The molecule has 0 aromatic heterocycles. The summed E-state index contributed by atoms with van der Waals surface area (Å²) < 4.78 is 10.9. The lowest BCUT2D eigenvalue weighted by Gasteiger charge is -2.32. The Labute approximate surface area is 210 Å².